The number of hydrogen-bond donors (Lipinski definition) is 2. The minimum atomic E-state index is -0.834. The smallest absolute Gasteiger partial charge is 0.306 e. The van der Waals surface area contributed by atoms with Crippen LogP contribution in [0, 0.1) is 5.92 Å². The summed E-state index contributed by atoms with van der Waals surface area (Å²) in [5, 5.41) is 11.7. The number of nitrogens with zero attached hydrogens (tertiary/aromatic N) is 1. The van der Waals surface area contributed by atoms with Crippen LogP contribution in [0.3, 0.4) is 0 Å². The molecule has 0 fully saturated rings. The molecule has 1 aromatic rings. The van der Waals surface area contributed by atoms with E-state index >= 15 is 0 Å². The molecular formula is C12H14Cl2N2O3. The van der Waals surface area contributed by atoms with Gasteiger partial charge in [0.25, 0.3) is 5.91 Å². The second-order valence-corrected chi connectivity index (χ2v) is 4.91. The van der Waals surface area contributed by atoms with Crippen LogP contribution in [0.25, 0.3) is 0 Å². The fourth-order valence-electron chi connectivity index (χ4n) is 1.43. The molecule has 19 heavy (non-hydrogen) atoms. The Hall–Kier alpha value is -1.33. The Morgan fingerprint density at radius 2 is 1.95 bits per heavy atom. The number of rotatable bonds is 6. The van der Waals surface area contributed by atoms with E-state index in [0.29, 0.717) is 24.9 Å². The molecule has 1 heterocycles. The highest BCUT2D eigenvalue weighted by Gasteiger charge is 2.11. The summed E-state index contributed by atoms with van der Waals surface area (Å²) < 4.78 is 0. The summed E-state index contributed by atoms with van der Waals surface area (Å²) in [5.74, 6) is -1.56. The number of carboxylic acids is 1. The molecule has 1 rings (SSSR count). The van der Waals surface area contributed by atoms with Crippen LogP contribution >= 0.6 is 23.2 Å². The maximum absolute atomic E-state index is 11.8. The van der Waals surface area contributed by atoms with Gasteiger partial charge in [0, 0.05) is 12.1 Å². The zero-order chi connectivity index (χ0) is 14.4. The van der Waals surface area contributed by atoms with Crippen molar-refractivity contribution >= 4 is 35.1 Å². The molecule has 5 nitrogen and oxygen atoms in total. The van der Waals surface area contributed by atoms with Gasteiger partial charge in [0.05, 0.1) is 5.92 Å². The molecule has 0 aromatic carbocycles. The first kappa shape index (κ1) is 15.7. The largest absolute Gasteiger partial charge is 0.481 e. The number of halogens is 2. The molecule has 2 N–H and O–H groups in total. The Morgan fingerprint density at radius 1 is 1.37 bits per heavy atom. The van der Waals surface area contributed by atoms with Gasteiger partial charge in [0.2, 0.25) is 0 Å². The molecule has 1 aromatic heterocycles. The molecule has 0 aliphatic rings. The first-order chi connectivity index (χ1) is 8.90. The van der Waals surface area contributed by atoms with E-state index in [-0.39, 0.29) is 16.2 Å². The first-order valence-corrected chi connectivity index (χ1v) is 6.50. The zero-order valence-electron chi connectivity index (χ0n) is 10.3. The Bertz CT molecular complexity index is 460. The third-order valence-corrected chi connectivity index (χ3v) is 2.93. The number of carbonyl (C=O) groups is 2. The molecular weight excluding hydrogens is 291 g/mol. The van der Waals surface area contributed by atoms with Gasteiger partial charge in [-0.1, -0.05) is 30.1 Å². The summed E-state index contributed by atoms with van der Waals surface area (Å²) in [6.07, 6.45) is 1.10. The van der Waals surface area contributed by atoms with Crippen LogP contribution in [-0.4, -0.2) is 28.5 Å². The maximum Gasteiger partial charge on any atom is 0.306 e. The predicted molar refractivity (Wildman–Crippen MR) is 72.6 cm³/mol. The van der Waals surface area contributed by atoms with Crippen LogP contribution in [0.1, 0.15) is 30.1 Å². The number of pyridine rings is 1. The van der Waals surface area contributed by atoms with E-state index in [2.05, 4.69) is 10.3 Å². The fraction of sp³-hybridized carbons (Fsp3) is 0.417. The van der Waals surface area contributed by atoms with Crippen molar-refractivity contribution in [2.24, 2.45) is 5.92 Å². The van der Waals surface area contributed by atoms with Gasteiger partial charge < -0.3 is 10.4 Å². The Morgan fingerprint density at radius 3 is 2.47 bits per heavy atom. The van der Waals surface area contributed by atoms with Crippen LogP contribution in [0.5, 0.6) is 0 Å². The summed E-state index contributed by atoms with van der Waals surface area (Å²) in [7, 11) is 0. The van der Waals surface area contributed by atoms with Gasteiger partial charge >= 0.3 is 5.97 Å². The van der Waals surface area contributed by atoms with Crippen molar-refractivity contribution in [3.05, 3.63) is 28.0 Å². The number of aliphatic carboxylic acids is 1. The van der Waals surface area contributed by atoms with E-state index in [4.69, 9.17) is 28.3 Å². The molecule has 0 radical (unpaired) electrons. The lowest BCUT2D eigenvalue weighted by atomic mass is 10.1. The molecule has 0 aliphatic heterocycles. The molecule has 0 bridgehead atoms. The van der Waals surface area contributed by atoms with E-state index < -0.39 is 11.9 Å². The second-order valence-electron chi connectivity index (χ2n) is 4.14. The number of carboxylic acid groups (broad SMARTS) is 1. The van der Waals surface area contributed by atoms with Crippen molar-refractivity contribution in [3.8, 4) is 0 Å². The standard InChI is InChI=1S/C12H14Cl2N2O3/c1-7(12(18)19)3-2-4-15-11(17)8-5-9(13)16-10(14)6-8/h5-7H,2-4H2,1H3,(H,15,17)(H,18,19). The molecule has 104 valence electrons. The molecule has 1 amide bonds. The van der Waals surface area contributed by atoms with Crippen LogP contribution in [0.2, 0.25) is 10.3 Å². The predicted octanol–water partition coefficient (Wildman–Crippen LogP) is 2.62. The minimum Gasteiger partial charge on any atom is -0.481 e. The monoisotopic (exact) mass is 304 g/mol. The zero-order valence-corrected chi connectivity index (χ0v) is 11.8. The SMILES string of the molecule is CC(CCCNC(=O)c1cc(Cl)nc(Cl)c1)C(=O)O. The summed E-state index contributed by atoms with van der Waals surface area (Å²) >= 11 is 11.4. The van der Waals surface area contributed by atoms with Crippen molar-refractivity contribution in [1.29, 1.82) is 0 Å². The number of amides is 1. The summed E-state index contributed by atoms with van der Waals surface area (Å²) in [5.41, 5.74) is 0.330. The summed E-state index contributed by atoms with van der Waals surface area (Å²) in [6.45, 7) is 2.03. The van der Waals surface area contributed by atoms with E-state index in [0.717, 1.165) is 0 Å². The first-order valence-electron chi connectivity index (χ1n) is 5.74. The van der Waals surface area contributed by atoms with Crippen LogP contribution in [0.4, 0.5) is 0 Å². The van der Waals surface area contributed by atoms with E-state index in [1.54, 1.807) is 6.92 Å². The van der Waals surface area contributed by atoms with Gasteiger partial charge in [0.1, 0.15) is 10.3 Å². The average Bonchev–Trinajstić information content (AvgIpc) is 2.32. The highest BCUT2D eigenvalue weighted by Crippen LogP contribution is 2.14. The molecule has 0 saturated heterocycles. The Balaban J connectivity index is 2.41. The van der Waals surface area contributed by atoms with Crippen LogP contribution in [0.15, 0.2) is 12.1 Å². The van der Waals surface area contributed by atoms with Crippen LogP contribution in [-0.2, 0) is 4.79 Å². The molecule has 0 spiro atoms. The lowest BCUT2D eigenvalue weighted by molar-refractivity contribution is -0.141. The maximum atomic E-state index is 11.8. The van der Waals surface area contributed by atoms with E-state index in [9.17, 15) is 9.59 Å². The topological polar surface area (TPSA) is 79.3 Å². The van der Waals surface area contributed by atoms with Crippen molar-refractivity contribution in [2.45, 2.75) is 19.8 Å². The second kappa shape index (κ2) is 7.31. The molecule has 1 atom stereocenters. The normalized spacial score (nSPS) is 11.9. The van der Waals surface area contributed by atoms with Crippen LogP contribution < -0.4 is 5.32 Å². The van der Waals surface area contributed by atoms with Crippen molar-refractivity contribution in [3.63, 3.8) is 0 Å². The van der Waals surface area contributed by atoms with Gasteiger partial charge in [0.15, 0.2) is 0 Å². The minimum absolute atomic E-state index is 0.150. The van der Waals surface area contributed by atoms with Gasteiger partial charge in [-0.25, -0.2) is 4.98 Å². The quantitative estimate of drug-likeness (QED) is 0.625. The number of nitrogens with one attached hydrogen (secondary N) is 1. The highest BCUT2D eigenvalue weighted by molar-refractivity contribution is 6.33. The van der Waals surface area contributed by atoms with Gasteiger partial charge in [-0.05, 0) is 25.0 Å². The van der Waals surface area contributed by atoms with Crippen molar-refractivity contribution in [2.75, 3.05) is 6.54 Å². The van der Waals surface area contributed by atoms with E-state index in [1.165, 1.54) is 12.1 Å². The lowest BCUT2D eigenvalue weighted by Gasteiger charge is -2.08. The number of hydrogen-bond acceptors (Lipinski definition) is 3. The van der Waals surface area contributed by atoms with E-state index in [1.807, 2.05) is 0 Å². The molecule has 7 heteroatoms. The molecule has 0 saturated carbocycles. The average molecular weight is 305 g/mol. The number of aromatic nitrogens is 1. The number of carbonyl (C=O) groups excluding carboxylic acids is 1. The van der Waals surface area contributed by atoms with Gasteiger partial charge in [-0.2, -0.15) is 0 Å². The Kier molecular flexibility index (Phi) is 6.05. The third-order valence-electron chi connectivity index (χ3n) is 2.55. The van der Waals surface area contributed by atoms with Crippen molar-refractivity contribution < 1.29 is 14.7 Å². The third kappa shape index (κ3) is 5.44. The van der Waals surface area contributed by atoms with Crippen molar-refractivity contribution in [1.82, 2.24) is 10.3 Å². The Labute approximate surface area is 120 Å². The highest BCUT2D eigenvalue weighted by atomic mass is 35.5. The fourth-order valence-corrected chi connectivity index (χ4v) is 1.89. The summed E-state index contributed by atoms with van der Waals surface area (Å²) in [6, 6.07) is 2.84. The lowest BCUT2D eigenvalue weighted by Crippen LogP contribution is -2.25. The van der Waals surface area contributed by atoms with Gasteiger partial charge in [-0.3, -0.25) is 9.59 Å². The molecule has 1 unspecified atom stereocenters. The molecule has 0 aliphatic carbocycles. The summed E-state index contributed by atoms with van der Waals surface area (Å²) in [4.78, 5) is 26.1. The van der Waals surface area contributed by atoms with Gasteiger partial charge in [-0.15, -0.1) is 0 Å².